The molecule has 128 valence electrons. The molecule has 0 bridgehead atoms. The maximum Gasteiger partial charge on any atom is 0.313 e. The maximum atomic E-state index is 12.2. The van der Waals surface area contributed by atoms with Crippen molar-refractivity contribution in [1.29, 1.82) is 0 Å². The Morgan fingerprint density at radius 2 is 1.64 bits per heavy atom. The first-order valence-corrected chi connectivity index (χ1v) is 7.82. The summed E-state index contributed by atoms with van der Waals surface area (Å²) in [6.45, 7) is 1.87. The first-order chi connectivity index (χ1) is 12.0. The predicted molar refractivity (Wildman–Crippen MR) is 89.8 cm³/mol. The van der Waals surface area contributed by atoms with E-state index in [4.69, 9.17) is 9.47 Å². The number of amides is 2. The fraction of sp³-hybridized carbons (Fsp3) is 0.211. The summed E-state index contributed by atoms with van der Waals surface area (Å²) < 4.78 is 10.5. The quantitative estimate of drug-likeness (QED) is 0.476. The van der Waals surface area contributed by atoms with Gasteiger partial charge in [-0.15, -0.1) is 0 Å². The number of benzene rings is 2. The Balaban J connectivity index is 1.64. The Bertz CT molecular complexity index is 824. The summed E-state index contributed by atoms with van der Waals surface area (Å²) in [6.07, 6.45) is -0.0947. The Labute approximate surface area is 145 Å². The van der Waals surface area contributed by atoms with Crippen LogP contribution in [0.4, 0.5) is 0 Å². The van der Waals surface area contributed by atoms with Crippen molar-refractivity contribution in [1.82, 2.24) is 4.90 Å². The van der Waals surface area contributed by atoms with Crippen LogP contribution in [0.5, 0.6) is 11.5 Å². The number of methoxy groups -OCH3 is 1. The zero-order chi connectivity index (χ0) is 18.0. The molecule has 0 radical (unpaired) electrons. The molecule has 1 heterocycles. The minimum Gasteiger partial charge on any atom is -0.493 e. The lowest BCUT2D eigenvalue weighted by Crippen LogP contribution is -2.32. The molecule has 0 saturated heterocycles. The third kappa shape index (κ3) is 3.24. The standard InChI is InChI=1S/C19H17NO5/c1-12-7-8-15(16(11-12)24-2)25-17(21)9-10-20-18(22)13-5-3-4-6-14(13)19(20)23/h3-8,11H,9-10H2,1-2H3. The molecule has 0 aliphatic carbocycles. The molecule has 6 nitrogen and oxygen atoms in total. The van der Waals surface area contributed by atoms with Crippen molar-refractivity contribution in [2.45, 2.75) is 13.3 Å². The number of fused-ring (bicyclic) bond motifs is 1. The Morgan fingerprint density at radius 3 is 2.24 bits per heavy atom. The molecule has 0 aromatic heterocycles. The number of aryl methyl sites for hydroxylation is 1. The van der Waals surface area contributed by atoms with Crippen LogP contribution in [0.3, 0.4) is 0 Å². The van der Waals surface area contributed by atoms with Gasteiger partial charge in [0.05, 0.1) is 24.7 Å². The summed E-state index contributed by atoms with van der Waals surface area (Å²) in [5.74, 6) is -0.559. The molecule has 2 aromatic carbocycles. The fourth-order valence-corrected chi connectivity index (χ4v) is 2.68. The number of imide groups is 1. The second kappa shape index (κ2) is 6.76. The lowest BCUT2D eigenvalue weighted by atomic mass is 10.1. The van der Waals surface area contributed by atoms with E-state index in [1.807, 2.05) is 6.92 Å². The Hall–Kier alpha value is -3.15. The number of nitrogens with zero attached hydrogens (tertiary/aromatic N) is 1. The van der Waals surface area contributed by atoms with Crippen molar-refractivity contribution in [3.8, 4) is 11.5 Å². The highest BCUT2D eigenvalue weighted by Gasteiger charge is 2.35. The van der Waals surface area contributed by atoms with Crippen LogP contribution in [0.2, 0.25) is 0 Å². The first-order valence-electron chi connectivity index (χ1n) is 7.82. The molecule has 0 atom stereocenters. The predicted octanol–water partition coefficient (Wildman–Crippen LogP) is 2.60. The lowest BCUT2D eigenvalue weighted by Gasteiger charge is -2.14. The van der Waals surface area contributed by atoms with Crippen LogP contribution in [0.15, 0.2) is 42.5 Å². The molecule has 2 amide bonds. The number of carbonyl (C=O) groups excluding carboxylic acids is 3. The molecule has 1 aliphatic heterocycles. The van der Waals surface area contributed by atoms with Crippen molar-refractivity contribution in [2.75, 3.05) is 13.7 Å². The zero-order valence-corrected chi connectivity index (χ0v) is 13.9. The highest BCUT2D eigenvalue weighted by molar-refractivity contribution is 6.21. The number of rotatable bonds is 5. The third-order valence-corrected chi connectivity index (χ3v) is 3.96. The van der Waals surface area contributed by atoms with Gasteiger partial charge in [-0.25, -0.2) is 0 Å². The van der Waals surface area contributed by atoms with Gasteiger partial charge in [0.2, 0.25) is 0 Å². The van der Waals surface area contributed by atoms with Gasteiger partial charge in [-0.2, -0.15) is 0 Å². The SMILES string of the molecule is COc1cc(C)ccc1OC(=O)CCN1C(=O)c2ccccc2C1=O. The van der Waals surface area contributed by atoms with Crippen LogP contribution >= 0.6 is 0 Å². The van der Waals surface area contributed by atoms with Gasteiger partial charge < -0.3 is 9.47 Å². The summed E-state index contributed by atoms with van der Waals surface area (Å²) in [4.78, 5) is 37.6. The van der Waals surface area contributed by atoms with E-state index >= 15 is 0 Å². The van der Waals surface area contributed by atoms with Crippen molar-refractivity contribution in [2.24, 2.45) is 0 Å². The van der Waals surface area contributed by atoms with Crippen LogP contribution in [0.25, 0.3) is 0 Å². The molecular weight excluding hydrogens is 322 g/mol. The number of carbonyl (C=O) groups is 3. The monoisotopic (exact) mass is 339 g/mol. The van der Waals surface area contributed by atoms with Gasteiger partial charge in [0.1, 0.15) is 0 Å². The molecule has 0 unspecified atom stereocenters. The highest BCUT2D eigenvalue weighted by Crippen LogP contribution is 2.28. The van der Waals surface area contributed by atoms with E-state index in [0.717, 1.165) is 10.5 Å². The number of hydrogen-bond acceptors (Lipinski definition) is 5. The van der Waals surface area contributed by atoms with Crippen molar-refractivity contribution in [3.05, 3.63) is 59.2 Å². The van der Waals surface area contributed by atoms with Crippen molar-refractivity contribution >= 4 is 17.8 Å². The minimum absolute atomic E-state index is 0.0284. The van der Waals surface area contributed by atoms with E-state index in [2.05, 4.69) is 0 Å². The molecule has 6 heteroatoms. The maximum absolute atomic E-state index is 12.2. The molecule has 0 spiro atoms. The Kier molecular flexibility index (Phi) is 4.52. The van der Waals surface area contributed by atoms with Gasteiger partial charge in [-0.05, 0) is 36.8 Å². The van der Waals surface area contributed by atoms with Crippen molar-refractivity contribution in [3.63, 3.8) is 0 Å². The smallest absolute Gasteiger partial charge is 0.313 e. The lowest BCUT2D eigenvalue weighted by molar-refractivity contribution is -0.134. The van der Waals surface area contributed by atoms with E-state index in [-0.39, 0.29) is 24.8 Å². The Morgan fingerprint density at radius 1 is 1.00 bits per heavy atom. The van der Waals surface area contributed by atoms with Crippen LogP contribution in [-0.4, -0.2) is 36.3 Å². The molecule has 0 N–H and O–H groups in total. The normalized spacial score (nSPS) is 13.0. The molecule has 25 heavy (non-hydrogen) atoms. The largest absolute Gasteiger partial charge is 0.493 e. The van der Waals surface area contributed by atoms with Gasteiger partial charge >= 0.3 is 5.97 Å². The summed E-state index contributed by atoms with van der Waals surface area (Å²) >= 11 is 0. The molecule has 0 saturated carbocycles. The van der Waals surface area contributed by atoms with Gasteiger partial charge in [-0.3, -0.25) is 19.3 Å². The zero-order valence-electron chi connectivity index (χ0n) is 13.9. The van der Waals surface area contributed by atoms with E-state index in [9.17, 15) is 14.4 Å². The molecule has 1 aliphatic rings. The molecule has 2 aromatic rings. The summed E-state index contributed by atoms with van der Waals surface area (Å²) in [7, 11) is 1.49. The van der Waals surface area contributed by atoms with Crippen LogP contribution in [0.1, 0.15) is 32.7 Å². The highest BCUT2D eigenvalue weighted by atomic mass is 16.6. The van der Waals surface area contributed by atoms with Gasteiger partial charge in [0.15, 0.2) is 11.5 Å². The molecular formula is C19H17NO5. The van der Waals surface area contributed by atoms with E-state index in [1.165, 1.54) is 7.11 Å². The summed E-state index contributed by atoms with van der Waals surface area (Å²) in [5, 5.41) is 0. The van der Waals surface area contributed by atoms with E-state index < -0.39 is 5.97 Å². The van der Waals surface area contributed by atoms with Crippen molar-refractivity contribution < 1.29 is 23.9 Å². The molecule has 3 rings (SSSR count). The minimum atomic E-state index is -0.543. The fourth-order valence-electron chi connectivity index (χ4n) is 2.68. The number of esters is 1. The summed E-state index contributed by atoms with van der Waals surface area (Å²) in [6, 6.07) is 11.8. The average Bonchev–Trinajstić information content (AvgIpc) is 2.86. The second-order valence-electron chi connectivity index (χ2n) is 5.69. The number of ether oxygens (including phenoxy) is 2. The van der Waals surface area contributed by atoms with Gasteiger partial charge in [-0.1, -0.05) is 18.2 Å². The van der Waals surface area contributed by atoms with Crippen LogP contribution in [0, 0.1) is 6.92 Å². The number of hydrogen-bond donors (Lipinski definition) is 0. The van der Waals surface area contributed by atoms with Gasteiger partial charge in [0, 0.05) is 6.54 Å². The first kappa shape index (κ1) is 16.7. The second-order valence-corrected chi connectivity index (χ2v) is 5.69. The van der Waals surface area contributed by atoms with Crippen LogP contribution in [-0.2, 0) is 4.79 Å². The van der Waals surface area contributed by atoms with E-state index in [1.54, 1.807) is 42.5 Å². The topological polar surface area (TPSA) is 72.9 Å². The molecule has 0 fully saturated rings. The van der Waals surface area contributed by atoms with Gasteiger partial charge in [0.25, 0.3) is 11.8 Å². The van der Waals surface area contributed by atoms with Crippen LogP contribution < -0.4 is 9.47 Å². The van der Waals surface area contributed by atoms with E-state index in [0.29, 0.717) is 22.6 Å². The third-order valence-electron chi connectivity index (χ3n) is 3.96. The summed E-state index contributed by atoms with van der Waals surface area (Å²) in [5.41, 5.74) is 1.70. The average molecular weight is 339 g/mol.